The standard InChI is InChI=1S/C20H14FN7O2/c21-13-5-1-3-7-15(13)28-16-8-4-2-6-14(16)25-20(28)26-17(29)10-27-18-12(9-24-27)19(30)23-11-22-18/h1-9,11H,10H2,(H,22,23,30)(H,25,26,29). The van der Waals surface area contributed by atoms with Gasteiger partial charge in [-0.15, -0.1) is 0 Å². The smallest absolute Gasteiger partial charge is 0.261 e. The number of fused-ring (bicyclic) bond motifs is 2. The van der Waals surface area contributed by atoms with Gasteiger partial charge in [0.05, 0.1) is 29.2 Å². The summed E-state index contributed by atoms with van der Waals surface area (Å²) in [5, 5.41) is 7.06. The van der Waals surface area contributed by atoms with Crippen molar-refractivity contribution in [1.82, 2.24) is 29.3 Å². The topological polar surface area (TPSA) is 110 Å². The zero-order chi connectivity index (χ0) is 20.7. The number of nitrogens with zero attached hydrogens (tertiary/aromatic N) is 5. The van der Waals surface area contributed by atoms with E-state index < -0.39 is 11.7 Å². The predicted molar refractivity (Wildman–Crippen MR) is 108 cm³/mol. The second-order valence-corrected chi connectivity index (χ2v) is 6.53. The van der Waals surface area contributed by atoms with Crippen molar-refractivity contribution in [3.8, 4) is 5.69 Å². The number of imidazole rings is 1. The second kappa shape index (κ2) is 6.92. The van der Waals surface area contributed by atoms with E-state index in [9.17, 15) is 14.0 Å². The summed E-state index contributed by atoms with van der Waals surface area (Å²) in [6, 6.07) is 13.4. The Morgan fingerprint density at radius 2 is 1.93 bits per heavy atom. The van der Waals surface area contributed by atoms with Gasteiger partial charge in [0.15, 0.2) is 5.65 Å². The van der Waals surface area contributed by atoms with Crippen molar-refractivity contribution in [2.75, 3.05) is 5.32 Å². The molecule has 9 nitrogen and oxygen atoms in total. The van der Waals surface area contributed by atoms with Gasteiger partial charge in [0, 0.05) is 0 Å². The number of halogens is 1. The summed E-state index contributed by atoms with van der Waals surface area (Å²) >= 11 is 0. The second-order valence-electron chi connectivity index (χ2n) is 6.53. The minimum Gasteiger partial charge on any atom is -0.312 e. The van der Waals surface area contributed by atoms with Crippen LogP contribution in [0.25, 0.3) is 27.8 Å². The Balaban J connectivity index is 1.53. The van der Waals surface area contributed by atoms with Gasteiger partial charge in [-0.05, 0) is 24.3 Å². The number of rotatable bonds is 4. The van der Waals surface area contributed by atoms with Crippen molar-refractivity contribution in [2.45, 2.75) is 6.54 Å². The SMILES string of the molecule is O=C(Cn1ncc2c(=O)[nH]cnc21)Nc1nc2ccccc2n1-c1ccccc1F. The number of aromatic amines is 1. The third-order valence-corrected chi connectivity index (χ3v) is 4.64. The quantitative estimate of drug-likeness (QED) is 0.478. The van der Waals surface area contributed by atoms with Gasteiger partial charge in [0.25, 0.3) is 5.56 Å². The molecule has 0 aliphatic heterocycles. The number of carbonyl (C=O) groups excluding carboxylic acids is 1. The molecule has 0 saturated heterocycles. The summed E-state index contributed by atoms with van der Waals surface area (Å²) in [6.07, 6.45) is 2.60. The summed E-state index contributed by atoms with van der Waals surface area (Å²) in [6.45, 7) is -0.194. The van der Waals surface area contributed by atoms with Crippen LogP contribution < -0.4 is 10.9 Å². The van der Waals surface area contributed by atoms with E-state index in [0.717, 1.165) is 0 Å². The van der Waals surface area contributed by atoms with Crippen LogP contribution in [0.4, 0.5) is 10.3 Å². The van der Waals surface area contributed by atoms with Crippen molar-refractivity contribution in [3.05, 3.63) is 77.2 Å². The minimum absolute atomic E-state index is 0.175. The van der Waals surface area contributed by atoms with Crippen molar-refractivity contribution in [3.63, 3.8) is 0 Å². The number of aromatic nitrogens is 6. The molecule has 0 radical (unpaired) electrons. The number of anilines is 1. The molecular formula is C20H14FN7O2. The van der Waals surface area contributed by atoms with Crippen LogP contribution in [0, 0.1) is 5.82 Å². The maximum absolute atomic E-state index is 14.5. The van der Waals surface area contributed by atoms with E-state index >= 15 is 0 Å². The molecule has 1 amide bonds. The van der Waals surface area contributed by atoms with Gasteiger partial charge in [-0.2, -0.15) is 5.10 Å². The molecule has 0 spiro atoms. The molecule has 148 valence electrons. The van der Waals surface area contributed by atoms with Crippen LogP contribution in [-0.2, 0) is 11.3 Å². The van der Waals surface area contributed by atoms with E-state index in [-0.39, 0.29) is 34.8 Å². The molecule has 0 unspecified atom stereocenters. The van der Waals surface area contributed by atoms with Gasteiger partial charge >= 0.3 is 0 Å². The Kier molecular flexibility index (Phi) is 4.09. The van der Waals surface area contributed by atoms with Crippen LogP contribution in [-0.4, -0.2) is 35.2 Å². The van der Waals surface area contributed by atoms with Gasteiger partial charge in [0.1, 0.15) is 17.7 Å². The summed E-state index contributed by atoms with van der Waals surface area (Å²) in [5.74, 6) is -0.721. The zero-order valence-corrected chi connectivity index (χ0v) is 15.4. The van der Waals surface area contributed by atoms with E-state index in [1.807, 2.05) is 12.1 Å². The molecule has 3 heterocycles. The summed E-state index contributed by atoms with van der Waals surface area (Å²) in [7, 11) is 0. The van der Waals surface area contributed by atoms with Crippen LogP contribution in [0.3, 0.4) is 0 Å². The third kappa shape index (κ3) is 2.91. The molecule has 0 aliphatic carbocycles. The van der Waals surface area contributed by atoms with E-state index in [4.69, 9.17) is 0 Å². The highest BCUT2D eigenvalue weighted by atomic mass is 19.1. The summed E-state index contributed by atoms with van der Waals surface area (Å²) in [4.78, 5) is 35.5. The first-order chi connectivity index (χ1) is 14.6. The highest BCUT2D eigenvalue weighted by Crippen LogP contribution is 2.26. The summed E-state index contributed by atoms with van der Waals surface area (Å²) in [5.41, 5.74) is 1.47. The van der Waals surface area contributed by atoms with Crippen LogP contribution in [0.15, 0.2) is 65.8 Å². The van der Waals surface area contributed by atoms with Gasteiger partial charge in [-0.25, -0.2) is 19.0 Å². The third-order valence-electron chi connectivity index (χ3n) is 4.64. The Morgan fingerprint density at radius 3 is 2.80 bits per heavy atom. The van der Waals surface area contributed by atoms with E-state index in [0.29, 0.717) is 11.0 Å². The minimum atomic E-state index is -0.449. The highest BCUT2D eigenvalue weighted by Gasteiger charge is 2.18. The Bertz CT molecular complexity index is 1470. The van der Waals surface area contributed by atoms with Crippen molar-refractivity contribution < 1.29 is 9.18 Å². The Labute approximate surface area is 167 Å². The fraction of sp³-hybridized carbons (Fsp3) is 0.0500. The molecule has 0 aliphatic rings. The first-order valence-electron chi connectivity index (χ1n) is 9.03. The van der Waals surface area contributed by atoms with Gasteiger partial charge in [-0.1, -0.05) is 24.3 Å². The maximum atomic E-state index is 14.5. The molecule has 0 atom stereocenters. The lowest BCUT2D eigenvalue weighted by atomic mass is 10.2. The molecule has 10 heteroatoms. The first kappa shape index (κ1) is 17.7. The van der Waals surface area contributed by atoms with E-state index in [1.54, 1.807) is 34.9 Å². The van der Waals surface area contributed by atoms with Crippen molar-refractivity contribution >= 4 is 33.9 Å². The fourth-order valence-corrected chi connectivity index (χ4v) is 3.31. The van der Waals surface area contributed by atoms with E-state index in [2.05, 4.69) is 25.4 Å². The van der Waals surface area contributed by atoms with Crippen molar-refractivity contribution in [2.24, 2.45) is 0 Å². The fourth-order valence-electron chi connectivity index (χ4n) is 3.31. The van der Waals surface area contributed by atoms with Crippen molar-refractivity contribution in [1.29, 1.82) is 0 Å². The monoisotopic (exact) mass is 403 g/mol. The molecule has 0 fully saturated rings. The average Bonchev–Trinajstić information content (AvgIpc) is 3.30. The predicted octanol–water partition coefficient (Wildman–Crippen LogP) is 2.24. The number of para-hydroxylation sites is 3. The van der Waals surface area contributed by atoms with Crippen LogP contribution >= 0.6 is 0 Å². The summed E-state index contributed by atoms with van der Waals surface area (Å²) < 4.78 is 17.4. The van der Waals surface area contributed by atoms with E-state index in [1.165, 1.54) is 23.3 Å². The molecule has 2 aromatic carbocycles. The zero-order valence-electron chi connectivity index (χ0n) is 15.4. The lowest BCUT2D eigenvalue weighted by Crippen LogP contribution is -2.22. The number of benzene rings is 2. The van der Waals surface area contributed by atoms with Crippen LogP contribution in [0.5, 0.6) is 0 Å². The molecule has 0 saturated carbocycles. The molecular weight excluding hydrogens is 389 g/mol. The lowest BCUT2D eigenvalue weighted by molar-refractivity contribution is -0.116. The normalized spacial score (nSPS) is 11.2. The Morgan fingerprint density at radius 1 is 1.13 bits per heavy atom. The highest BCUT2D eigenvalue weighted by molar-refractivity contribution is 5.93. The van der Waals surface area contributed by atoms with Gasteiger partial charge in [0.2, 0.25) is 11.9 Å². The molecule has 0 bridgehead atoms. The van der Waals surface area contributed by atoms with Gasteiger partial charge in [-0.3, -0.25) is 19.5 Å². The Hall–Kier alpha value is -4.34. The molecule has 3 aromatic heterocycles. The number of amides is 1. The first-order valence-corrected chi connectivity index (χ1v) is 9.03. The molecule has 5 aromatic rings. The van der Waals surface area contributed by atoms with Crippen LogP contribution in [0.1, 0.15) is 0 Å². The largest absolute Gasteiger partial charge is 0.312 e. The maximum Gasteiger partial charge on any atom is 0.261 e. The number of hydrogen-bond acceptors (Lipinski definition) is 5. The number of carbonyl (C=O) groups is 1. The van der Waals surface area contributed by atoms with Crippen LogP contribution in [0.2, 0.25) is 0 Å². The molecule has 5 rings (SSSR count). The molecule has 30 heavy (non-hydrogen) atoms. The molecule has 2 N–H and O–H groups in total. The van der Waals surface area contributed by atoms with Gasteiger partial charge < -0.3 is 4.98 Å². The number of H-pyrrole nitrogens is 1. The number of hydrogen-bond donors (Lipinski definition) is 2. The lowest BCUT2D eigenvalue weighted by Gasteiger charge is -2.11. The number of nitrogens with one attached hydrogen (secondary N) is 2. The average molecular weight is 403 g/mol.